The summed E-state index contributed by atoms with van der Waals surface area (Å²) in [6, 6.07) is 15.1. The smallest absolute Gasteiger partial charge is 0.0152 e. The van der Waals surface area contributed by atoms with Crippen molar-refractivity contribution in [3.8, 4) is 0 Å². The molecule has 0 aliphatic carbocycles. The molecule has 0 radical (unpaired) electrons. The molecule has 2 aromatic carbocycles. The van der Waals surface area contributed by atoms with E-state index in [1.165, 1.54) is 21.9 Å². The van der Waals surface area contributed by atoms with Gasteiger partial charge in [0, 0.05) is 0 Å². The van der Waals surface area contributed by atoms with E-state index in [-0.39, 0.29) is 0 Å². The average molecular weight is 240 g/mol. The Kier molecular flexibility index (Phi) is 5.64. The van der Waals surface area contributed by atoms with Gasteiger partial charge in [0.25, 0.3) is 0 Å². The third-order valence-electron chi connectivity index (χ3n) is 3.25. The van der Waals surface area contributed by atoms with Gasteiger partial charge in [0.05, 0.1) is 0 Å². The molecule has 1 atom stereocenters. The fourth-order valence-corrected chi connectivity index (χ4v) is 1.97. The fraction of sp³-hybridized carbons (Fsp3) is 0.333. The molecule has 0 spiro atoms. The Morgan fingerprint density at radius 3 is 2.33 bits per heavy atom. The van der Waals surface area contributed by atoms with Crippen LogP contribution in [0, 0.1) is 5.92 Å². The molecule has 0 nitrogen and oxygen atoms in total. The van der Waals surface area contributed by atoms with Crippen molar-refractivity contribution >= 4 is 10.8 Å². The van der Waals surface area contributed by atoms with E-state index >= 15 is 0 Å². The molecule has 0 saturated carbocycles. The summed E-state index contributed by atoms with van der Waals surface area (Å²) < 4.78 is 0. The highest BCUT2D eigenvalue weighted by atomic mass is 14.1. The quantitative estimate of drug-likeness (QED) is 0.611. The van der Waals surface area contributed by atoms with Crippen LogP contribution in [0.15, 0.2) is 54.6 Å². The van der Waals surface area contributed by atoms with Crippen molar-refractivity contribution in [2.75, 3.05) is 0 Å². The molecule has 0 amide bonds. The molecule has 0 aliphatic rings. The summed E-state index contributed by atoms with van der Waals surface area (Å²) >= 11 is 0. The van der Waals surface area contributed by atoms with E-state index in [4.69, 9.17) is 0 Å². The van der Waals surface area contributed by atoms with Crippen LogP contribution in [0.2, 0.25) is 0 Å². The molecule has 96 valence electrons. The Morgan fingerprint density at radius 1 is 1.06 bits per heavy atom. The molecule has 0 aliphatic heterocycles. The molecule has 0 bridgehead atoms. The number of rotatable bonds is 3. The molecule has 0 N–H and O–H groups in total. The Morgan fingerprint density at radius 2 is 1.67 bits per heavy atom. The second-order valence-corrected chi connectivity index (χ2v) is 4.59. The maximum atomic E-state index is 4.03. The molecular formula is C18H24. The topological polar surface area (TPSA) is 0 Å². The van der Waals surface area contributed by atoms with Crippen LogP contribution in [0.5, 0.6) is 0 Å². The Balaban J connectivity index is 0.000000771. The van der Waals surface area contributed by atoms with E-state index in [9.17, 15) is 0 Å². The normalized spacial score (nSPS) is 11.6. The number of hydrogen-bond donors (Lipinski definition) is 0. The van der Waals surface area contributed by atoms with Crippen LogP contribution in [0.1, 0.15) is 33.3 Å². The Hall–Kier alpha value is -1.56. The minimum atomic E-state index is 0.547. The first kappa shape index (κ1) is 14.5. The minimum Gasteiger partial charge on any atom is -0.0999 e. The van der Waals surface area contributed by atoms with Crippen LogP contribution in [0.3, 0.4) is 0 Å². The van der Waals surface area contributed by atoms with Crippen LogP contribution in [-0.4, -0.2) is 0 Å². The molecule has 0 aromatic heterocycles. The molecular weight excluding hydrogens is 216 g/mol. The van der Waals surface area contributed by atoms with E-state index in [1.807, 2.05) is 13.8 Å². The molecule has 0 heterocycles. The number of benzene rings is 2. The summed E-state index contributed by atoms with van der Waals surface area (Å²) in [5.41, 5.74) is 2.68. The first-order valence-corrected chi connectivity index (χ1v) is 6.80. The maximum Gasteiger partial charge on any atom is -0.0152 e. The van der Waals surface area contributed by atoms with Gasteiger partial charge in [-0.1, -0.05) is 75.4 Å². The molecule has 2 rings (SSSR count). The van der Waals surface area contributed by atoms with Crippen molar-refractivity contribution in [2.24, 2.45) is 5.92 Å². The highest BCUT2D eigenvalue weighted by Crippen LogP contribution is 2.23. The van der Waals surface area contributed by atoms with Gasteiger partial charge in [-0.25, -0.2) is 0 Å². The summed E-state index contributed by atoms with van der Waals surface area (Å²) in [7, 11) is 0. The number of hydrogen-bond acceptors (Lipinski definition) is 0. The van der Waals surface area contributed by atoms with Crippen LogP contribution in [0.4, 0.5) is 0 Å². The lowest BCUT2D eigenvalue weighted by molar-refractivity contribution is 0.683. The molecule has 1 unspecified atom stereocenters. The lowest BCUT2D eigenvalue weighted by Gasteiger charge is -2.13. The summed E-state index contributed by atoms with van der Waals surface area (Å²) in [6.07, 6.45) is 1.08. The van der Waals surface area contributed by atoms with E-state index in [0.29, 0.717) is 5.92 Å². The van der Waals surface area contributed by atoms with Crippen molar-refractivity contribution in [3.05, 3.63) is 60.2 Å². The number of allylic oxidation sites excluding steroid dienone is 1. The highest BCUT2D eigenvalue weighted by molar-refractivity contribution is 5.85. The van der Waals surface area contributed by atoms with E-state index in [1.54, 1.807) is 0 Å². The fourth-order valence-electron chi connectivity index (χ4n) is 1.97. The summed E-state index contributed by atoms with van der Waals surface area (Å²) in [6.45, 7) is 12.4. The lowest BCUT2D eigenvalue weighted by Crippen LogP contribution is -2.00. The zero-order valence-electron chi connectivity index (χ0n) is 12.0. The summed E-state index contributed by atoms with van der Waals surface area (Å²) in [5, 5.41) is 2.70. The molecule has 0 fully saturated rings. The Bertz CT molecular complexity index is 503. The van der Waals surface area contributed by atoms with Crippen molar-refractivity contribution in [1.29, 1.82) is 0 Å². The van der Waals surface area contributed by atoms with E-state index in [0.717, 1.165) is 6.42 Å². The van der Waals surface area contributed by atoms with Gasteiger partial charge in [-0.15, -0.1) is 0 Å². The second kappa shape index (κ2) is 7.00. The summed E-state index contributed by atoms with van der Waals surface area (Å²) in [5.74, 6) is 0.547. The van der Waals surface area contributed by atoms with Crippen molar-refractivity contribution < 1.29 is 0 Å². The van der Waals surface area contributed by atoms with Crippen LogP contribution in [-0.2, 0) is 6.42 Å². The van der Waals surface area contributed by atoms with Crippen LogP contribution in [0.25, 0.3) is 10.8 Å². The molecule has 18 heavy (non-hydrogen) atoms. The third-order valence-corrected chi connectivity index (χ3v) is 3.25. The molecule has 0 heteroatoms. The van der Waals surface area contributed by atoms with Gasteiger partial charge in [0.15, 0.2) is 0 Å². The zero-order valence-corrected chi connectivity index (χ0v) is 12.0. The predicted molar refractivity (Wildman–Crippen MR) is 83.0 cm³/mol. The van der Waals surface area contributed by atoms with Crippen LogP contribution < -0.4 is 0 Å². The zero-order chi connectivity index (χ0) is 13.5. The average Bonchev–Trinajstić information content (AvgIpc) is 2.41. The minimum absolute atomic E-state index is 0.547. The first-order valence-electron chi connectivity index (χ1n) is 6.80. The predicted octanol–water partition coefficient (Wildman–Crippen LogP) is 5.62. The molecule has 0 saturated heterocycles. The van der Waals surface area contributed by atoms with Crippen molar-refractivity contribution in [3.63, 3.8) is 0 Å². The van der Waals surface area contributed by atoms with E-state index < -0.39 is 0 Å². The number of fused-ring (bicyclic) bond motifs is 1. The maximum absolute atomic E-state index is 4.03. The monoisotopic (exact) mass is 240 g/mol. The van der Waals surface area contributed by atoms with Gasteiger partial charge in [-0.05, 0) is 35.6 Å². The van der Waals surface area contributed by atoms with Gasteiger partial charge in [-0.2, -0.15) is 0 Å². The third kappa shape index (κ3) is 3.46. The van der Waals surface area contributed by atoms with Crippen molar-refractivity contribution in [2.45, 2.75) is 34.1 Å². The van der Waals surface area contributed by atoms with Gasteiger partial charge in [0.1, 0.15) is 0 Å². The second-order valence-electron chi connectivity index (χ2n) is 4.59. The van der Waals surface area contributed by atoms with E-state index in [2.05, 4.69) is 62.9 Å². The highest BCUT2D eigenvalue weighted by Gasteiger charge is 2.06. The molecule has 2 aromatic rings. The lowest BCUT2D eigenvalue weighted by atomic mass is 9.92. The van der Waals surface area contributed by atoms with Crippen LogP contribution >= 0.6 is 0 Å². The Labute approximate surface area is 111 Å². The standard InChI is InChI=1S/C16H18.C2H6/c1-12(2)13(3)11-15-9-6-8-14-7-4-5-10-16(14)15;1-2/h4-10,13H,1,11H2,2-3H3;1-2H3. The van der Waals surface area contributed by atoms with Gasteiger partial charge < -0.3 is 0 Å². The summed E-state index contributed by atoms with van der Waals surface area (Å²) in [4.78, 5) is 0. The van der Waals surface area contributed by atoms with Crippen molar-refractivity contribution in [1.82, 2.24) is 0 Å². The SMILES string of the molecule is C=C(C)C(C)Cc1cccc2ccccc12.CC. The van der Waals surface area contributed by atoms with Gasteiger partial charge in [0.2, 0.25) is 0 Å². The van der Waals surface area contributed by atoms with Gasteiger partial charge in [-0.3, -0.25) is 0 Å². The van der Waals surface area contributed by atoms with Gasteiger partial charge >= 0.3 is 0 Å². The first-order chi connectivity index (χ1) is 8.68. The largest absolute Gasteiger partial charge is 0.0999 e.